The lowest BCUT2D eigenvalue weighted by Gasteiger charge is -2.34. The van der Waals surface area contributed by atoms with E-state index < -0.39 is 0 Å². The minimum Gasteiger partial charge on any atom is -0.357 e. The zero-order valence-electron chi connectivity index (χ0n) is 13.1. The second-order valence-electron chi connectivity index (χ2n) is 5.64. The number of imidazole rings is 1. The molecular weight excluding hydrogens is 292 g/mol. The van der Waals surface area contributed by atoms with E-state index in [0.29, 0.717) is 12.1 Å². The van der Waals surface area contributed by atoms with Crippen LogP contribution in [0.2, 0.25) is 0 Å². The Morgan fingerprint density at radius 3 is 2.65 bits per heavy atom. The molecule has 1 N–H and O–H groups in total. The summed E-state index contributed by atoms with van der Waals surface area (Å²) in [6.07, 6.45) is 7.90. The van der Waals surface area contributed by atoms with Crippen molar-refractivity contribution in [3.05, 3.63) is 48.5 Å². The summed E-state index contributed by atoms with van der Waals surface area (Å²) < 4.78 is 1.88. The first-order valence-corrected chi connectivity index (χ1v) is 7.81. The first kappa shape index (κ1) is 15.3. The number of amides is 2. The number of piperidine rings is 1. The van der Waals surface area contributed by atoms with Gasteiger partial charge in [0.15, 0.2) is 0 Å². The fourth-order valence-corrected chi connectivity index (χ4v) is 2.97. The van der Waals surface area contributed by atoms with E-state index in [9.17, 15) is 9.59 Å². The van der Waals surface area contributed by atoms with Crippen LogP contribution >= 0.6 is 0 Å². The van der Waals surface area contributed by atoms with Crippen LogP contribution in [0, 0.1) is 0 Å². The molecule has 1 fully saturated rings. The normalized spacial score (nSPS) is 17.8. The summed E-state index contributed by atoms with van der Waals surface area (Å²) in [5.41, 5.74) is 1.55. The minimum absolute atomic E-state index is 0.0875. The van der Waals surface area contributed by atoms with Crippen LogP contribution in [-0.4, -0.2) is 45.9 Å². The molecule has 1 saturated heterocycles. The maximum atomic E-state index is 12.8. The van der Waals surface area contributed by atoms with Gasteiger partial charge in [0.2, 0.25) is 5.91 Å². The van der Waals surface area contributed by atoms with Gasteiger partial charge in [-0.1, -0.05) is 0 Å². The molecule has 0 saturated carbocycles. The third kappa shape index (κ3) is 3.11. The van der Waals surface area contributed by atoms with Gasteiger partial charge in [-0.2, -0.15) is 0 Å². The van der Waals surface area contributed by atoms with Crippen LogP contribution in [-0.2, 0) is 4.79 Å². The van der Waals surface area contributed by atoms with Gasteiger partial charge >= 0.3 is 0 Å². The highest BCUT2D eigenvalue weighted by Gasteiger charge is 2.31. The number of rotatable bonds is 3. The molecule has 6 heteroatoms. The SMILES string of the molecule is CNC(=O)C1CCCCN1C(=O)c1ccc(-n2ccnc2)cc1. The Labute approximate surface area is 135 Å². The molecule has 1 aromatic carbocycles. The number of likely N-dealkylation sites (N-methyl/N-ethyl adjacent to an activating group) is 1. The predicted octanol–water partition coefficient (Wildman–Crippen LogP) is 1.61. The van der Waals surface area contributed by atoms with Crippen LogP contribution < -0.4 is 5.32 Å². The summed E-state index contributed by atoms with van der Waals surface area (Å²) in [5, 5.41) is 2.66. The van der Waals surface area contributed by atoms with Gasteiger partial charge in [0.25, 0.3) is 5.91 Å². The van der Waals surface area contributed by atoms with Crippen molar-refractivity contribution in [2.75, 3.05) is 13.6 Å². The molecule has 6 nitrogen and oxygen atoms in total. The molecule has 1 aliphatic heterocycles. The largest absolute Gasteiger partial charge is 0.357 e. The highest BCUT2D eigenvalue weighted by Crippen LogP contribution is 2.20. The first-order chi connectivity index (χ1) is 11.2. The Kier molecular flexibility index (Phi) is 4.41. The van der Waals surface area contributed by atoms with E-state index in [2.05, 4.69) is 10.3 Å². The number of hydrogen-bond donors (Lipinski definition) is 1. The molecule has 1 atom stereocenters. The van der Waals surface area contributed by atoms with Crippen molar-refractivity contribution in [1.82, 2.24) is 19.8 Å². The van der Waals surface area contributed by atoms with E-state index in [1.54, 1.807) is 36.6 Å². The number of nitrogens with one attached hydrogen (secondary N) is 1. The molecule has 0 spiro atoms. The van der Waals surface area contributed by atoms with Crippen molar-refractivity contribution in [3.63, 3.8) is 0 Å². The Morgan fingerprint density at radius 2 is 2.00 bits per heavy atom. The number of carbonyl (C=O) groups excluding carboxylic acids is 2. The third-order valence-electron chi connectivity index (χ3n) is 4.23. The van der Waals surface area contributed by atoms with Gasteiger partial charge in [-0.25, -0.2) is 4.98 Å². The van der Waals surface area contributed by atoms with E-state index in [4.69, 9.17) is 0 Å². The van der Waals surface area contributed by atoms with Gasteiger partial charge < -0.3 is 14.8 Å². The van der Waals surface area contributed by atoms with Gasteiger partial charge in [-0.05, 0) is 43.5 Å². The minimum atomic E-state index is -0.366. The molecule has 2 amide bonds. The smallest absolute Gasteiger partial charge is 0.254 e. The van der Waals surface area contributed by atoms with Crippen molar-refractivity contribution in [2.24, 2.45) is 0 Å². The van der Waals surface area contributed by atoms with Gasteiger partial charge in [-0.15, -0.1) is 0 Å². The van der Waals surface area contributed by atoms with Gasteiger partial charge in [-0.3, -0.25) is 9.59 Å². The Balaban J connectivity index is 1.80. The fourth-order valence-electron chi connectivity index (χ4n) is 2.97. The molecule has 2 heterocycles. The predicted molar refractivity (Wildman–Crippen MR) is 86.3 cm³/mol. The number of hydrogen-bond acceptors (Lipinski definition) is 3. The second kappa shape index (κ2) is 6.64. The average Bonchev–Trinajstić information content (AvgIpc) is 3.15. The number of nitrogens with zero attached hydrogens (tertiary/aromatic N) is 3. The zero-order valence-corrected chi connectivity index (χ0v) is 13.1. The average molecular weight is 312 g/mol. The lowest BCUT2D eigenvalue weighted by Crippen LogP contribution is -2.51. The molecular formula is C17H20N4O2. The maximum Gasteiger partial charge on any atom is 0.254 e. The number of benzene rings is 1. The molecule has 0 aliphatic carbocycles. The van der Waals surface area contributed by atoms with Crippen molar-refractivity contribution in [1.29, 1.82) is 0 Å². The Morgan fingerprint density at radius 1 is 1.22 bits per heavy atom. The van der Waals surface area contributed by atoms with E-state index in [-0.39, 0.29) is 17.9 Å². The molecule has 0 radical (unpaired) electrons. The van der Waals surface area contributed by atoms with Crippen LogP contribution in [0.1, 0.15) is 29.6 Å². The summed E-state index contributed by atoms with van der Waals surface area (Å²) in [5.74, 6) is -0.177. The van der Waals surface area contributed by atoms with E-state index >= 15 is 0 Å². The molecule has 0 bridgehead atoms. The molecule has 23 heavy (non-hydrogen) atoms. The van der Waals surface area contributed by atoms with Crippen LogP contribution in [0.25, 0.3) is 5.69 Å². The van der Waals surface area contributed by atoms with Gasteiger partial charge in [0.1, 0.15) is 6.04 Å². The lowest BCUT2D eigenvalue weighted by atomic mass is 10.00. The van der Waals surface area contributed by atoms with Crippen molar-refractivity contribution >= 4 is 11.8 Å². The summed E-state index contributed by atoms with van der Waals surface area (Å²) in [7, 11) is 1.61. The first-order valence-electron chi connectivity index (χ1n) is 7.81. The van der Waals surface area contributed by atoms with Crippen molar-refractivity contribution in [2.45, 2.75) is 25.3 Å². The molecule has 3 rings (SSSR count). The maximum absolute atomic E-state index is 12.8. The number of likely N-dealkylation sites (tertiary alicyclic amines) is 1. The summed E-state index contributed by atoms with van der Waals surface area (Å²) in [6, 6.07) is 7.00. The van der Waals surface area contributed by atoms with E-state index in [1.165, 1.54) is 0 Å². The monoisotopic (exact) mass is 312 g/mol. The lowest BCUT2D eigenvalue weighted by molar-refractivity contribution is -0.126. The van der Waals surface area contributed by atoms with Crippen molar-refractivity contribution < 1.29 is 9.59 Å². The topological polar surface area (TPSA) is 67.2 Å². The molecule has 1 unspecified atom stereocenters. The van der Waals surface area contributed by atoms with Crippen LogP contribution in [0.4, 0.5) is 0 Å². The summed E-state index contributed by atoms with van der Waals surface area (Å²) >= 11 is 0. The zero-order chi connectivity index (χ0) is 16.2. The highest BCUT2D eigenvalue weighted by molar-refractivity contribution is 5.97. The molecule has 1 aliphatic rings. The Hall–Kier alpha value is -2.63. The number of carbonyl (C=O) groups is 2. The number of aromatic nitrogens is 2. The van der Waals surface area contributed by atoms with Gasteiger partial charge in [0.05, 0.1) is 6.33 Å². The fraction of sp³-hybridized carbons (Fsp3) is 0.353. The molecule has 1 aromatic heterocycles. The highest BCUT2D eigenvalue weighted by atomic mass is 16.2. The second-order valence-corrected chi connectivity index (χ2v) is 5.64. The Bertz CT molecular complexity index is 679. The quantitative estimate of drug-likeness (QED) is 0.936. The van der Waals surface area contributed by atoms with Crippen LogP contribution in [0.15, 0.2) is 43.0 Å². The summed E-state index contributed by atoms with van der Waals surface area (Å²) in [4.78, 5) is 30.5. The standard InChI is InChI=1S/C17H20N4O2/c1-18-16(22)15-4-2-3-10-21(15)17(23)13-5-7-14(8-6-13)20-11-9-19-12-20/h5-9,11-12,15H,2-4,10H2,1H3,(H,18,22). The van der Waals surface area contributed by atoms with Gasteiger partial charge in [0, 0.05) is 37.2 Å². The van der Waals surface area contributed by atoms with Crippen LogP contribution in [0.3, 0.4) is 0 Å². The molecule has 2 aromatic rings. The van der Waals surface area contributed by atoms with E-state index in [0.717, 1.165) is 24.9 Å². The third-order valence-corrected chi connectivity index (χ3v) is 4.23. The van der Waals surface area contributed by atoms with Crippen LogP contribution in [0.5, 0.6) is 0 Å². The summed E-state index contributed by atoms with van der Waals surface area (Å²) in [6.45, 7) is 0.625. The van der Waals surface area contributed by atoms with Crippen molar-refractivity contribution in [3.8, 4) is 5.69 Å². The van der Waals surface area contributed by atoms with E-state index in [1.807, 2.05) is 22.9 Å². The molecule has 120 valence electrons.